The van der Waals surface area contributed by atoms with E-state index in [1.54, 1.807) is 19.2 Å². The van der Waals surface area contributed by atoms with Gasteiger partial charge in [0.1, 0.15) is 5.82 Å². The van der Waals surface area contributed by atoms with Crippen molar-refractivity contribution in [2.45, 2.75) is 25.8 Å². The summed E-state index contributed by atoms with van der Waals surface area (Å²) in [6.07, 6.45) is 2.10. The molecule has 7 nitrogen and oxygen atoms in total. The van der Waals surface area contributed by atoms with E-state index in [0.717, 1.165) is 44.8 Å². The summed E-state index contributed by atoms with van der Waals surface area (Å²) < 4.78 is 1.38. The molecule has 3 heterocycles. The number of anilines is 1. The topological polar surface area (TPSA) is 70.5 Å². The number of piperazine rings is 1. The van der Waals surface area contributed by atoms with Crippen LogP contribution in [0.2, 0.25) is 0 Å². The van der Waals surface area contributed by atoms with Gasteiger partial charge in [-0.2, -0.15) is 5.10 Å². The number of aryl methyl sites for hydroxylation is 1. The number of rotatable bonds is 3. The third kappa shape index (κ3) is 3.72. The number of amides is 1. The van der Waals surface area contributed by atoms with E-state index in [9.17, 15) is 9.59 Å². The quantitative estimate of drug-likeness (QED) is 0.837. The minimum Gasteiger partial charge on any atom is -0.355 e. The zero-order valence-electron chi connectivity index (χ0n) is 13.9. The highest BCUT2D eigenvalue weighted by atomic mass is 16.2. The minimum absolute atomic E-state index is 0.0880. The molecule has 126 valence electrons. The first-order valence-electron chi connectivity index (χ1n) is 8.33. The summed E-state index contributed by atoms with van der Waals surface area (Å²) in [4.78, 5) is 27.6. The van der Waals surface area contributed by atoms with Gasteiger partial charge < -0.3 is 15.1 Å². The number of hydrogen-bond donors (Lipinski definition) is 1. The largest absolute Gasteiger partial charge is 0.355 e. The van der Waals surface area contributed by atoms with E-state index >= 15 is 0 Å². The maximum Gasteiger partial charge on any atom is 0.266 e. The molecule has 3 rings (SSSR count). The first-order valence-corrected chi connectivity index (χ1v) is 8.33. The molecule has 0 bridgehead atoms. The van der Waals surface area contributed by atoms with Gasteiger partial charge in [0, 0.05) is 45.3 Å². The molecule has 1 aromatic rings. The Kier molecular flexibility index (Phi) is 4.66. The molecule has 2 saturated heterocycles. The normalized spacial score (nSPS) is 23.4. The van der Waals surface area contributed by atoms with Crippen LogP contribution in [0, 0.1) is 5.92 Å². The molecule has 1 atom stereocenters. The van der Waals surface area contributed by atoms with Crippen molar-refractivity contribution in [2.75, 3.05) is 37.6 Å². The average molecular weight is 319 g/mol. The molecule has 0 aliphatic carbocycles. The van der Waals surface area contributed by atoms with Gasteiger partial charge in [-0.25, -0.2) is 4.68 Å². The van der Waals surface area contributed by atoms with Crippen molar-refractivity contribution >= 4 is 11.7 Å². The second-order valence-electron chi connectivity index (χ2n) is 6.66. The maximum absolute atomic E-state index is 12.0. The number of carbonyl (C=O) groups is 1. The number of hydrogen-bond acceptors (Lipinski definition) is 5. The van der Waals surface area contributed by atoms with Crippen molar-refractivity contribution < 1.29 is 4.79 Å². The van der Waals surface area contributed by atoms with Gasteiger partial charge >= 0.3 is 0 Å². The summed E-state index contributed by atoms with van der Waals surface area (Å²) in [5.41, 5.74) is -0.0880. The summed E-state index contributed by atoms with van der Waals surface area (Å²) in [7, 11) is 1.68. The van der Waals surface area contributed by atoms with Crippen LogP contribution in [-0.2, 0) is 11.8 Å². The lowest BCUT2D eigenvalue weighted by atomic mass is 9.95. The lowest BCUT2D eigenvalue weighted by Crippen LogP contribution is -2.54. The molecule has 2 aliphatic rings. The fraction of sp³-hybridized carbons (Fsp3) is 0.688. The van der Waals surface area contributed by atoms with E-state index in [0.29, 0.717) is 18.5 Å². The van der Waals surface area contributed by atoms with E-state index in [2.05, 4.69) is 22.2 Å². The molecule has 1 N–H and O–H groups in total. The van der Waals surface area contributed by atoms with Gasteiger partial charge in [0.2, 0.25) is 5.91 Å². The Balaban J connectivity index is 1.54. The van der Waals surface area contributed by atoms with E-state index < -0.39 is 0 Å². The molecule has 0 aromatic carbocycles. The number of piperidine rings is 1. The Labute approximate surface area is 136 Å². The Morgan fingerprint density at radius 2 is 2.00 bits per heavy atom. The molecule has 0 saturated carbocycles. The van der Waals surface area contributed by atoms with E-state index in [1.165, 1.54) is 4.68 Å². The van der Waals surface area contributed by atoms with Gasteiger partial charge in [0.25, 0.3) is 5.56 Å². The highest BCUT2D eigenvalue weighted by Gasteiger charge is 2.27. The molecule has 2 fully saturated rings. The SMILES string of the molecule is CC1CN(CC2CCN(c3ccc(=O)n(C)n3)CC2)C(=O)CN1. The van der Waals surface area contributed by atoms with E-state index in [4.69, 9.17) is 0 Å². The Hall–Kier alpha value is -1.89. The van der Waals surface area contributed by atoms with Crippen molar-refractivity contribution in [2.24, 2.45) is 13.0 Å². The van der Waals surface area contributed by atoms with Crippen molar-refractivity contribution in [1.82, 2.24) is 20.0 Å². The molecule has 7 heteroatoms. The van der Waals surface area contributed by atoms with Crippen LogP contribution in [-0.4, -0.2) is 59.4 Å². The molecule has 0 spiro atoms. The van der Waals surface area contributed by atoms with Crippen molar-refractivity contribution in [3.8, 4) is 0 Å². The predicted octanol–water partition coefficient (Wildman–Crippen LogP) is -0.183. The zero-order chi connectivity index (χ0) is 16.4. The first-order chi connectivity index (χ1) is 11.0. The number of nitrogens with zero attached hydrogens (tertiary/aromatic N) is 4. The Morgan fingerprint density at radius 1 is 1.26 bits per heavy atom. The monoisotopic (exact) mass is 319 g/mol. The van der Waals surface area contributed by atoms with Crippen LogP contribution in [0.4, 0.5) is 5.82 Å². The van der Waals surface area contributed by atoms with Crippen LogP contribution in [0.25, 0.3) is 0 Å². The summed E-state index contributed by atoms with van der Waals surface area (Å²) in [6.45, 7) is 6.09. The molecule has 23 heavy (non-hydrogen) atoms. The summed E-state index contributed by atoms with van der Waals surface area (Å²) in [5, 5.41) is 7.52. The lowest BCUT2D eigenvalue weighted by Gasteiger charge is -2.38. The molecule has 1 amide bonds. The molecule has 1 unspecified atom stereocenters. The summed E-state index contributed by atoms with van der Waals surface area (Å²) in [6, 6.07) is 3.74. The third-order valence-electron chi connectivity index (χ3n) is 4.81. The summed E-state index contributed by atoms with van der Waals surface area (Å²) >= 11 is 0. The van der Waals surface area contributed by atoms with Crippen LogP contribution in [0.1, 0.15) is 19.8 Å². The maximum atomic E-state index is 12.0. The van der Waals surface area contributed by atoms with E-state index in [1.807, 2.05) is 4.90 Å². The first kappa shape index (κ1) is 16.0. The van der Waals surface area contributed by atoms with Crippen LogP contribution in [0.15, 0.2) is 16.9 Å². The molecular formula is C16H25N5O2. The summed E-state index contributed by atoms with van der Waals surface area (Å²) in [5.74, 6) is 1.62. The third-order valence-corrected chi connectivity index (χ3v) is 4.81. The molecular weight excluding hydrogens is 294 g/mol. The molecule has 0 radical (unpaired) electrons. The highest BCUT2D eigenvalue weighted by molar-refractivity contribution is 5.79. The zero-order valence-corrected chi connectivity index (χ0v) is 13.9. The van der Waals surface area contributed by atoms with Gasteiger partial charge in [-0.1, -0.05) is 0 Å². The second kappa shape index (κ2) is 6.70. The molecule has 1 aromatic heterocycles. The second-order valence-corrected chi connectivity index (χ2v) is 6.66. The van der Waals surface area contributed by atoms with Crippen molar-refractivity contribution in [1.29, 1.82) is 0 Å². The van der Waals surface area contributed by atoms with Crippen LogP contribution < -0.4 is 15.8 Å². The lowest BCUT2D eigenvalue weighted by molar-refractivity contribution is -0.133. The van der Waals surface area contributed by atoms with Crippen LogP contribution in [0.5, 0.6) is 0 Å². The minimum atomic E-state index is -0.0880. The number of nitrogens with one attached hydrogen (secondary N) is 1. The van der Waals surface area contributed by atoms with Gasteiger partial charge in [-0.15, -0.1) is 0 Å². The smallest absolute Gasteiger partial charge is 0.266 e. The van der Waals surface area contributed by atoms with Crippen LogP contribution in [0.3, 0.4) is 0 Å². The number of carbonyl (C=O) groups excluding carboxylic acids is 1. The predicted molar refractivity (Wildman–Crippen MR) is 88.5 cm³/mol. The average Bonchev–Trinajstić information content (AvgIpc) is 2.54. The number of aromatic nitrogens is 2. The standard InChI is InChI=1S/C16H25N5O2/c1-12-10-21(16(23)9-17-12)11-13-5-7-20(8-6-13)14-3-4-15(22)19(2)18-14/h3-4,12-13,17H,5-11H2,1-2H3. The van der Waals surface area contributed by atoms with Crippen molar-refractivity contribution in [3.05, 3.63) is 22.5 Å². The van der Waals surface area contributed by atoms with Crippen molar-refractivity contribution in [3.63, 3.8) is 0 Å². The fourth-order valence-electron chi connectivity index (χ4n) is 3.36. The van der Waals surface area contributed by atoms with Gasteiger partial charge in [0.05, 0.1) is 6.54 Å². The van der Waals surface area contributed by atoms with E-state index in [-0.39, 0.29) is 11.5 Å². The fourth-order valence-corrected chi connectivity index (χ4v) is 3.36. The van der Waals surface area contributed by atoms with Gasteiger partial charge in [-0.3, -0.25) is 9.59 Å². The van der Waals surface area contributed by atoms with Gasteiger partial charge in [-0.05, 0) is 31.7 Å². The Bertz CT molecular complexity index is 621. The van der Waals surface area contributed by atoms with Crippen LogP contribution >= 0.6 is 0 Å². The van der Waals surface area contributed by atoms with Gasteiger partial charge in [0.15, 0.2) is 0 Å². The highest BCUT2D eigenvalue weighted by Crippen LogP contribution is 2.22. The molecule has 2 aliphatic heterocycles. The Morgan fingerprint density at radius 3 is 2.70 bits per heavy atom.